The molecule has 1 saturated carbocycles. The SMILES string of the molecule is Cc1nc(C2CC[C@H]2c2nc3c(cnn3C3CCOCC3)c(=O)[nH]2)oc1C. The average molecular weight is 369 g/mol. The van der Waals surface area contributed by atoms with Gasteiger partial charge in [0.2, 0.25) is 0 Å². The normalized spacial score (nSPS) is 23.6. The van der Waals surface area contributed by atoms with Crippen LogP contribution in [0.1, 0.15) is 66.7 Å². The quantitative estimate of drug-likeness (QED) is 0.762. The molecular weight excluding hydrogens is 346 g/mol. The molecule has 8 heteroatoms. The Balaban J connectivity index is 1.52. The number of hydrogen-bond donors (Lipinski definition) is 1. The van der Waals surface area contributed by atoms with Crippen molar-refractivity contribution in [3.05, 3.63) is 39.7 Å². The molecule has 4 heterocycles. The maximum Gasteiger partial charge on any atom is 0.262 e. The third kappa shape index (κ3) is 2.70. The molecule has 3 aromatic heterocycles. The molecule has 8 nitrogen and oxygen atoms in total. The van der Waals surface area contributed by atoms with Crippen molar-refractivity contribution >= 4 is 11.0 Å². The number of nitrogens with one attached hydrogen (secondary N) is 1. The molecule has 1 aliphatic heterocycles. The Morgan fingerprint density at radius 3 is 2.56 bits per heavy atom. The number of aromatic nitrogens is 5. The van der Waals surface area contributed by atoms with Crippen LogP contribution >= 0.6 is 0 Å². The molecule has 2 atom stereocenters. The molecule has 2 fully saturated rings. The zero-order valence-corrected chi connectivity index (χ0v) is 15.6. The molecule has 0 aromatic carbocycles. The van der Waals surface area contributed by atoms with E-state index in [1.807, 2.05) is 18.5 Å². The Hall–Kier alpha value is -2.48. The zero-order valence-electron chi connectivity index (χ0n) is 15.6. The lowest BCUT2D eigenvalue weighted by atomic mass is 9.73. The van der Waals surface area contributed by atoms with E-state index in [1.165, 1.54) is 0 Å². The lowest BCUT2D eigenvalue weighted by Crippen LogP contribution is -2.27. The fourth-order valence-corrected chi connectivity index (χ4v) is 4.10. The largest absolute Gasteiger partial charge is 0.445 e. The molecule has 2 aliphatic rings. The van der Waals surface area contributed by atoms with Gasteiger partial charge >= 0.3 is 0 Å². The summed E-state index contributed by atoms with van der Waals surface area (Å²) in [6, 6.07) is 0.229. The summed E-state index contributed by atoms with van der Waals surface area (Å²) in [5, 5.41) is 5.01. The van der Waals surface area contributed by atoms with Crippen molar-refractivity contribution in [3.63, 3.8) is 0 Å². The highest BCUT2D eigenvalue weighted by Crippen LogP contribution is 2.47. The summed E-state index contributed by atoms with van der Waals surface area (Å²) >= 11 is 0. The fraction of sp³-hybridized carbons (Fsp3) is 0.579. The second kappa shape index (κ2) is 6.30. The van der Waals surface area contributed by atoms with Crippen LogP contribution in [0, 0.1) is 13.8 Å². The van der Waals surface area contributed by atoms with Crippen molar-refractivity contribution < 1.29 is 9.15 Å². The van der Waals surface area contributed by atoms with Crippen molar-refractivity contribution in [1.29, 1.82) is 0 Å². The summed E-state index contributed by atoms with van der Waals surface area (Å²) in [5.41, 5.74) is 1.47. The van der Waals surface area contributed by atoms with E-state index < -0.39 is 0 Å². The van der Waals surface area contributed by atoms with Gasteiger partial charge in [0, 0.05) is 25.0 Å². The molecule has 1 unspecified atom stereocenters. The van der Waals surface area contributed by atoms with E-state index in [9.17, 15) is 4.79 Å². The summed E-state index contributed by atoms with van der Waals surface area (Å²) in [6.45, 7) is 5.32. The van der Waals surface area contributed by atoms with Gasteiger partial charge in [0.25, 0.3) is 5.56 Å². The molecular formula is C19H23N5O3. The Kier molecular flexibility index (Phi) is 3.89. The van der Waals surface area contributed by atoms with Crippen molar-refractivity contribution in [1.82, 2.24) is 24.7 Å². The standard InChI is InChI=1S/C19H23N5O3/c1-10-11(2)27-19(21-10)14-4-3-13(14)16-22-17-15(18(25)23-16)9-20-24(17)12-5-7-26-8-6-12/h9,12-14H,3-8H2,1-2H3,(H,22,23,25)/t13-,14?/m1/s1. The second-order valence-corrected chi connectivity index (χ2v) is 7.61. The lowest BCUT2D eigenvalue weighted by molar-refractivity contribution is 0.0673. The van der Waals surface area contributed by atoms with E-state index in [0.29, 0.717) is 16.9 Å². The van der Waals surface area contributed by atoms with E-state index in [4.69, 9.17) is 14.1 Å². The maximum absolute atomic E-state index is 12.6. The highest BCUT2D eigenvalue weighted by molar-refractivity contribution is 5.73. The number of nitrogens with zero attached hydrogens (tertiary/aromatic N) is 4. The van der Waals surface area contributed by atoms with Crippen LogP contribution in [0.25, 0.3) is 11.0 Å². The third-order valence-electron chi connectivity index (χ3n) is 6.01. The van der Waals surface area contributed by atoms with E-state index >= 15 is 0 Å². The molecule has 3 aromatic rings. The van der Waals surface area contributed by atoms with Crippen LogP contribution in [0.15, 0.2) is 15.4 Å². The summed E-state index contributed by atoms with van der Waals surface area (Å²) in [6.07, 6.45) is 5.36. The number of fused-ring (bicyclic) bond motifs is 1. The highest BCUT2D eigenvalue weighted by atomic mass is 16.5. The topological polar surface area (TPSA) is 98.8 Å². The van der Waals surface area contributed by atoms with Crippen LogP contribution < -0.4 is 5.56 Å². The second-order valence-electron chi connectivity index (χ2n) is 7.61. The first kappa shape index (κ1) is 16.7. The fourth-order valence-electron chi connectivity index (χ4n) is 4.10. The van der Waals surface area contributed by atoms with E-state index in [-0.39, 0.29) is 23.4 Å². The van der Waals surface area contributed by atoms with Gasteiger partial charge in [-0.1, -0.05) is 0 Å². The van der Waals surface area contributed by atoms with Crippen LogP contribution in [0.5, 0.6) is 0 Å². The first-order valence-electron chi connectivity index (χ1n) is 9.61. The van der Waals surface area contributed by atoms with Gasteiger partial charge in [-0.2, -0.15) is 5.10 Å². The van der Waals surface area contributed by atoms with Crippen LogP contribution in [-0.4, -0.2) is 37.9 Å². The van der Waals surface area contributed by atoms with Crippen LogP contribution in [-0.2, 0) is 4.74 Å². The Bertz CT molecular complexity index is 1020. The predicted octanol–water partition coefficient (Wildman–Crippen LogP) is 2.74. The van der Waals surface area contributed by atoms with Crippen molar-refractivity contribution in [2.45, 2.75) is 57.4 Å². The molecule has 5 rings (SSSR count). The summed E-state index contributed by atoms with van der Waals surface area (Å²) in [4.78, 5) is 25.0. The van der Waals surface area contributed by atoms with Gasteiger partial charge in [0.05, 0.1) is 17.9 Å². The van der Waals surface area contributed by atoms with Gasteiger partial charge in [-0.05, 0) is 39.5 Å². The number of hydrogen-bond acceptors (Lipinski definition) is 6. The number of H-pyrrole nitrogens is 1. The summed E-state index contributed by atoms with van der Waals surface area (Å²) in [5.74, 6) is 2.60. The molecule has 142 valence electrons. The number of aromatic amines is 1. The van der Waals surface area contributed by atoms with E-state index in [1.54, 1.807) is 6.20 Å². The first-order valence-corrected chi connectivity index (χ1v) is 9.61. The zero-order chi connectivity index (χ0) is 18.5. The van der Waals surface area contributed by atoms with Crippen molar-refractivity contribution in [2.75, 3.05) is 13.2 Å². The molecule has 0 amide bonds. The van der Waals surface area contributed by atoms with Gasteiger partial charge in [0.15, 0.2) is 11.5 Å². The smallest absolute Gasteiger partial charge is 0.262 e. The Labute approximate surface area is 156 Å². The monoisotopic (exact) mass is 369 g/mol. The Morgan fingerprint density at radius 1 is 1.11 bits per heavy atom. The molecule has 0 spiro atoms. The average Bonchev–Trinajstić information content (AvgIpc) is 3.19. The minimum Gasteiger partial charge on any atom is -0.445 e. The summed E-state index contributed by atoms with van der Waals surface area (Å²) < 4.78 is 13.2. The maximum atomic E-state index is 12.6. The van der Waals surface area contributed by atoms with Crippen molar-refractivity contribution in [2.24, 2.45) is 0 Å². The van der Waals surface area contributed by atoms with Gasteiger partial charge in [-0.3, -0.25) is 4.79 Å². The molecule has 27 heavy (non-hydrogen) atoms. The van der Waals surface area contributed by atoms with Gasteiger partial charge < -0.3 is 14.1 Å². The predicted molar refractivity (Wildman–Crippen MR) is 97.9 cm³/mol. The molecule has 0 radical (unpaired) electrons. The first-order chi connectivity index (χ1) is 13.1. The van der Waals surface area contributed by atoms with E-state index in [2.05, 4.69) is 15.1 Å². The number of rotatable bonds is 3. The van der Waals surface area contributed by atoms with Gasteiger partial charge in [-0.15, -0.1) is 0 Å². The molecule has 1 aliphatic carbocycles. The third-order valence-corrected chi connectivity index (χ3v) is 6.01. The minimum absolute atomic E-state index is 0.123. The molecule has 1 saturated heterocycles. The molecule has 0 bridgehead atoms. The van der Waals surface area contributed by atoms with Gasteiger partial charge in [0.1, 0.15) is 17.0 Å². The van der Waals surface area contributed by atoms with Crippen LogP contribution in [0.4, 0.5) is 0 Å². The van der Waals surface area contributed by atoms with E-state index in [0.717, 1.165) is 56.2 Å². The summed E-state index contributed by atoms with van der Waals surface area (Å²) in [7, 11) is 0. The number of oxazole rings is 1. The van der Waals surface area contributed by atoms with Gasteiger partial charge in [-0.25, -0.2) is 14.6 Å². The minimum atomic E-state index is -0.126. The van der Waals surface area contributed by atoms with Crippen LogP contribution in [0.2, 0.25) is 0 Å². The van der Waals surface area contributed by atoms with Crippen LogP contribution in [0.3, 0.4) is 0 Å². The van der Waals surface area contributed by atoms with Crippen molar-refractivity contribution in [3.8, 4) is 0 Å². The number of ether oxygens (including phenoxy) is 1. The Morgan fingerprint density at radius 2 is 1.89 bits per heavy atom. The lowest BCUT2D eigenvalue weighted by Gasteiger charge is -2.33. The highest BCUT2D eigenvalue weighted by Gasteiger charge is 2.39. The molecule has 1 N–H and O–H groups in total. The number of aryl methyl sites for hydroxylation is 2.